The van der Waals surface area contributed by atoms with Gasteiger partial charge in [-0.2, -0.15) is 0 Å². The Morgan fingerprint density at radius 1 is 2.00 bits per heavy atom. The van der Waals surface area contributed by atoms with Crippen molar-refractivity contribution in [1.82, 2.24) is 3.53 Å². The van der Waals surface area contributed by atoms with E-state index < -0.39 is 0 Å². The maximum absolute atomic E-state index is 3.73. The first kappa shape index (κ1) is 6.36. The molecule has 0 unspecified atom stereocenters. The molecule has 0 bridgehead atoms. The van der Waals surface area contributed by atoms with Gasteiger partial charge in [-0.1, -0.05) is 0 Å². The molecule has 0 aliphatic rings. The lowest BCUT2D eigenvalue weighted by Gasteiger charge is -1.78. The van der Waals surface area contributed by atoms with Crippen molar-refractivity contribution in [3.63, 3.8) is 0 Å². The Bertz CT molecular complexity index is 44.1. The topological polar surface area (TPSA) is 24.4 Å². The summed E-state index contributed by atoms with van der Waals surface area (Å²) in [6.07, 6.45) is 1.81. The van der Waals surface area contributed by atoms with Crippen LogP contribution in [0.2, 0.25) is 0 Å². The summed E-state index contributed by atoms with van der Waals surface area (Å²) in [7, 11) is 1.76. The Balaban J connectivity index is 2.66. The number of halogens is 1. The van der Waals surface area contributed by atoms with Crippen LogP contribution < -0.4 is 3.53 Å². The number of hydrogen-bond donors (Lipinski definition) is 1. The zero-order valence-electron chi connectivity index (χ0n) is 3.61. The second-order valence-electron chi connectivity index (χ2n) is 0.779. The Morgan fingerprint density at radius 3 is 2.83 bits per heavy atom. The Hall–Kier alpha value is 0.360. The van der Waals surface area contributed by atoms with E-state index in [9.17, 15) is 0 Å². The number of nitrogens with one attached hydrogen (secondary N) is 1. The first-order valence-electron chi connectivity index (χ1n) is 1.66. The van der Waals surface area contributed by atoms with E-state index in [1.165, 1.54) is 0 Å². The molecule has 0 amide bonds. The number of hydrogen-bond acceptors (Lipinski definition) is 2. The zero-order valence-corrected chi connectivity index (χ0v) is 5.77. The number of rotatable bonds is 2. The molecule has 0 saturated heterocycles. The van der Waals surface area contributed by atoms with E-state index in [2.05, 4.69) is 31.4 Å². The minimum atomic E-state index is 0.858. The largest absolute Gasteiger partial charge is 0.299 e. The highest BCUT2D eigenvalue weighted by molar-refractivity contribution is 14.1. The molecule has 0 atom stereocenters. The molecule has 0 heterocycles. The highest BCUT2D eigenvalue weighted by atomic mass is 127. The third-order valence-electron chi connectivity index (χ3n) is 0.351. The Morgan fingerprint density at radius 2 is 2.67 bits per heavy atom. The quantitative estimate of drug-likeness (QED) is 0.392. The molecular weight excluding hydrogens is 191 g/mol. The smallest absolute Gasteiger partial charge is 0.0400 e. The van der Waals surface area contributed by atoms with Crippen molar-refractivity contribution < 1.29 is 0 Å². The van der Waals surface area contributed by atoms with Crippen molar-refractivity contribution in [3.05, 3.63) is 0 Å². The van der Waals surface area contributed by atoms with Gasteiger partial charge in [0.15, 0.2) is 0 Å². The maximum Gasteiger partial charge on any atom is 0.0400 e. The summed E-state index contributed by atoms with van der Waals surface area (Å²) in [5.74, 6) is 0. The van der Waals surface area contributed by atoms with Gasteiger partial charge in [0.2, 0.25) is 0 Å². The molecule has 1 N–H and O–H groups in total. The standard InChI is InChI=1S/C3H7IN2/c1-5-2-3-6-4/h2,6H,3H2,1H3. The van der Waals surface area contributed by atoms with Crippen LogP contribution in [0.25, 0.3) is 0 Å². The molecule has 0 rings (SSSR count). The third kappa shape index (κ3) is 4.36. The SMILES string of the molecule is CN=CCNI. The first-order chi connectivity index (χ1) is 2.91. The fraction of sp³-hybridized carbons (Fsp3) is 0.667. The number of aliphatic imine (C=N–C) groups is 1. The summed E-state index contributed by atoms with van der Waals surface area (Å²) in [5.41, 5.74) is 0. The fourth-order valence-electron chi connectivity index (χ4n) is 0.126. The van der Waals surface area contributed by atoms with E-state index in [1.54, 1.807) is 7.05 Å². The lowest BCUT2D eigenvalue weighted by atomic mass is 10.8. The molecule has 0 fully saturated rings. The molecule has 0 saturated carbocycles. The van der Waals surface area contributed by atoms with E-state index in [0.717, 1.165) is 6.54 Å². The minimum absolute atomic E-state index is 0.858. The molecule has 0 aromatic carbocycles. The summed E-state index contributed by atoms with van der Waals surface area (Å²) in [4.78, 5) is 3.73. The fourth-order valence-corrected chi connectivity index (χ4v) is 0.323. The second-order valence-corrected chi connectivity index (χ2v) is 1.54. The molecule has 0 aliphatic heterocycles. The van der Waals surface area contributed by atoms with E-state index >= 15 is 0 Å². The van der Waals surface area contributed by atoms with E-state index in [-0.39, 0.29) is 0 Å². The van der Waals surface area contributed by atoms with Gasteiger partial charge in [-0.3, -0.25) is 8.52 Å². The van der Waals surface area contributed by atoms with Crippen molar-refractivity contribution in [2.24, 2.45) is 4.99 Å². The normalized spacial score (nSPS) is 10.3. The monoisotopic (exact) mass is 198 g/mol. The van der Waals surface area contributed by atoms with Crippen molar-refractivity contribution >= 4 is 29.1 Å². The van der Waals surface area contributed by atoms with Crippen LogP contribution in [0.3, 0.4) is 0 Å². The summed E-state index contributed by atoms with van der Waals surface area (Å²) < 4.78 is 2.89. The maximum atomic E-state index is 3.73. The molecular formula is C3H7IN2. The third-order valence-corrected chi connectivity index (χ3v) is 0.791. The molecule has 0 radical (unpaired) electrons. The summed E-state index contributed by atoms with van der Waals surface area (Å²) in [5, 5.41) is 0. The molecule has 0 aromatic heterocycles. The molecule has 2 nitrogen and oxygen atoms in total. The Labute approximate surface area is 51.5 Å². The van der Waals surface area contributed by atoms with Crippen LogP contribution >= 0.6 is 22.9 Å². The van der Waals surface area contributed by atoms with Gasteiger partial charge in [-0.15, -0.1) is 0 Å². The van der Waals surface area contributed by atoms with E-state index in [0.29, 0.717) is 0 Å². The van der Waals surface area contributed by atoms with Gasteiger partial charge < -0.3 is 0 Å². The van der Waals surface area contributed by atoms with Crippen molar-refractivity contribution in [3.8, 4) is 0 Å². The van der Waals surface area contributed by atoms with Gasteiger partial charge in [0.05, 0.1) is 0 Å². The van der Waals surface area contributed by atoms with Crippen molar-refractivity contribution in [1.29, 1.82) is 0 Å². The van der Waals surface area contributed by atoms with E-state index in [1.807, 2.05) is 6.21 Å². The van der Waals surface area contributed by atoms with Crippen LogP contribution in [0.4, 0.5) is 0 Å². The summed E-state index contributed by atoms with van der Waals surface area (Å²) >= 11 is 2.07. The predicted molar refractivity (Wildman–Crippen MR) is 36.4 cm³/mol. The predicted octanol–water partition coefficient (Wildman–Crippen LogP) is 0.627. The van der Waals surface area contributed by atoms with Gasteiger partial charge in [-0.05, 0) is 0 Å². The first-order valence-corrected chi connectivity index (χ1v) is 2.73. The van der Waals surface area contributed by atoms with Crippen molar-refractivity contribution in [2.45, 2.75) is 0 Å². The highest BCUT2D eigenvalue weighted by Crippen LogP contribution is 1.61. The van der Waals surface area contributed by atoms with Gasteiger partial charge in [-0.25, -0.2) is 0 Å². The zero-order chi connectivity index (χ0) is 4.83. The van der Waals surface area contributed by atoms with Gasteiger partial charge >= 0.3 is 0 Å². The molecule has 0 aliphatic carbocycles. The van der Waals surface area contributed by atoms with Crippen molar-refractivity contribution in [2.75, 3.05) is 13.6 Å². The summed E-state index contributed by atoms with van der Waals surface area (Å²) in [6.45, 7) is 0.858. The van der Waals surface area contributed by atoms with E-state index in [4.69, 9.17) is 0 Å². The van der Waals surface area contributed by atoms with Crippen LogP contribution in [-0.2, 0) is 0 Å². The van der Waals surface area contributed by atoms with Crippen LogP contribution in [0.15, 0.2) is 4.99 Å². The van der Waals surface area contributed by atoms with Crippen LogP contribution in [-0.4, -0.2) is 19.8 Å². The Kier molecular flexibility index (Phi) is 5.68. The molecule has 36 valence electrons. The minimum Gasteiger partial charge on any atom is -0.299 e. The van der Waals surface area contributed by atoms with Gasteiger partial charge in [0, 0.05) is 42.7 Å². The molecule has 0 spiro atoms. The van der Waals surface area contributed by atoms with Gasteiger partial charge in [0.1, 0.15) is 0 Å². The molecule has 0 aromatic rings. The second kappa shape index (κ2) is 5.36. The lowest BCUT2D eigenvalue weighted by Crippen LogP contribution is -1.99. The van der Waals surface area contributed by atoms with Crippen LogP contribution in [0.1, 0.15) is 0 Å². The number of nitrogens with zero attached hydrogens (tertiary/aromatic N) is 1. The van der Waals surface area contributed by atoms with Gasteiger partial charge in [0.25, 0.3) is 0 Å². The average molecular weight is 198 g/mol. The highest BCUT2D eigenvalue weighted by Gasteiger charge is 1.64. The molecule has 3 heteroatoms. The average Bonchev–Trinajstić information content (AvgIpc) is 1.61. The molecule has 6 heavy (non-hydrogen) atoms. The summed E-state index contributed by atoms with van der Waals surface area (Å²) in [6, 6.07) is 0. The van der Waals surface area contributed by atoms with Crippen LogP contribution in [0.5, 0.6) is 0 Å². The lowest BCUT2D eigenvalue weighted by molar-refractivity contribution is 1.24. The van der Waals surface area contributed by atoms with Crippen LogP contribution in [0, 0.1) is 0 Å².